The van der Waals surface area contributed by atoms with E-state index >= 15 is 0 Å². The maximum absolute atomic E-state index is 12.8. The fraction of sp³-hybridized carbons (Fsp3) is 0.490. The first-order chi connectivity index (χ1) is 29.2. The van der Waals surface area contributed by atoms with Gasteiger partial charge in [0.1, 0.15) is 5.76 Å². The van der Waals surface area contributed by atoms with Crippen LogP contribution in [-0.4, -0.2) is 46.7 Å². The summed E-state index contributed by atoms with van der Waals surface area (Å²) in [7, 11) is 0. The molecule has 4 rings (SSSR count). The van der Waals surface area contributed by atoms with Gasteiger partial charge in [-0.25, -0.2) is 9.59 Å². The molecule has 11 heteroatoms. The third-order valence-corrected chi connectivity index (χ3v) is 10.9. The van der Waals surface area contributed by atoms with Gasteiger partial charge in [-0.2, -0.15) is 15.0 Å². The standard InChI is InChI=1S/C49H68N6O5/c1-8-14-17-36(11-4)32-58-35(7)39-20-26-42(27-21-39)50-47-53-48(51-43-28-22-40(23-29-43)45(56)59-33-37(12-5)18-15-9-2)55-49(54-47)52-44-30-24-41(25-31-44)46(57)60-34-38(13-6)19-16-10-3/h20-31,36-38H,7-19,32-34H2,1-6H3,(H3,50,51,52,53,54,55). The first-order valence-corrected chi connectivity index (χ1v) is 22.2. The van der Waals surface area contributed by atoms with Gasteiger partial charge < -0.3 is 30.2 Å². The van der Waals surface area contributed by atoms with Gasteiger partial charge in [-0.1, -0.05) is 106 Å². The Morgan fingerprint density at radius 3 is 1.08 bits per heavy atom. The largest absolute Gasteiger partial charge is 0.493 e. The first-order valence-electron chi connectivity index (χ1n) is 22.2. The number of nitrogens with zero attached hydrogens (tertiary/aromatic N) is 3. The lowest BCUT2D eigenvalue weighted by atomic mass is 10.0. The minimum Gasteiger partial charge on any atom is -0.493 e. The van der Waals surface area contributed by atoms with Crippen LogP contribution in [0.4, 0.5) is 34.9 Å². The van der Waals surface area contributed by atoms with Crippen molar-refractivity contribution in [1.82, 2.24) is 15.0 Å². The summed E-state index contributed by atoms with van der Waals surface area (Å²) in [5.74, 6) is 2.03. The third-order valence-electron chi connectivity index (χ3n) is 10.9. The van der Waals surface area contributed by atoms with Crippen LogP contribution in [0.3, 0.4) is 0 Å². The predicted octanol–water partition coefficient (Wildman–Crippen LogP) is 13.1. The number of rotatable bonds is 28. The van der Waals surface area contributed by atoms with Crippen LogP contribution >= 0.6 is 0 Å². The molecule has 324 valence electrons. The molecule has 0 amide bonds. The second-order valence-electron chi connectivity index (χ2n) is 15.6. The Labute approximate surface area is 358 Å². The highest BCUT2D eigenvalue weighted by Gasteiger charge is 2.16. The second kappa shape index (κ2) is 25.9. The number of ether oxygens (including phenoxy) is 3. The number of anilines is 6. The summed E-state index contributed by atoms with van der Waals surface area (Å²) in [6.45, 7) is 18.7. The summed E-state index contributed by atoms with van der Waals surface area (Å²) in [6, 6.07) is 21.8. The van der Waals surface area contributed by atoms with Crippen LogP contribution in [0.5, 0.6) is 0 Å². The molecule has 1 heterocycles. The molecule has 0 aliphatic heterocycles. The summed E-state index contributed by atoms with van der Waals surface area (Å²) in [5.41, 5.74) is 3.95. The lowest BCUT2D eigenvalue weighted by Crippen LogP contribution is -2.14. The molecule has 3 aromatic carbocycles. The molecule has 0 bridgehead atoms. The van der Waals surface area contributed by atoms with Gasteiger partial charge >= 0.3 is 11.9 Å². The van der Waals surface area contributed by atoms with Crippen molar-refractivity contribution in [2.75, 3.05) is 35.8 Å². The van der Waals surface area contributed by atoms with E-state index in [1.165, 1.54) is 12.8 Å². The molecule has 0 fully saturated rings. The fourth-order valence-corrected chi connectivity index (χ4v) is 6.60. The number of benzene rings is 3. The van der Waals surface area contributed by atoms with Crippen molar-refractivity contribution in [2.24, 2.45) is 17.8 Å². The van der Waals surface area contributed by atoms with Crippen molar-refractivity contribution in [3.63, 3.8) is 0 Å². The lowest BCUT2D eigenvalue weighted by molar-refractivity contribution is 0.0419. The quantitative estimate of drug-likeness (QED) is 0.0373. The maximum Gasteiger partial charge on any atom is 0.338 e. The highest BCUT2D eigenvalue weighted by atomic mass is 16.5. The molecule has 3 N–H and O–H groups in total. The summed E-state index contributed by atoms with van der Waals surface area (Å²) < 4.78 is 17.4. The minimum absolute atomic E-state index is 0.271. The summed E-state index contributed by atoms with van der Waals surface area (Å²) >= 11 is 0. The Morgan fingerprint density at radius 2 is 0.783 bits per heavy atom. The van der Waals surface area contributed by atoms with Crippen LogP contribution in [0.25, 0.3) is 5.76 Å². The molecule has 60 heavy (non-hydrogen) atoms. The summed E-state index contributed by atoms with van der Waals surface area (Å²) in [5, 5.41) is 9.80. The number of carbonyl (C=O) groups is 2. The Hall–Kier alpha value is -5.45. The van der Waals surface area contributed by atoms with E-state index in [-0.39, 0.29) is 23.8 Å². The number of aromatic nitrogens is 3. The van der Waals surface area contributed by atoms with Crippen LogP contribution < -0.4 is 16.0 Å². The maximum atomic E-state index is 12.8. The zero-order valence-corrected chi connectivity index (χ0v) is 36.9. The van der Waals surface area contributed by atoms with Crippen molar-refractivity contribution < 1.29 is 23.8 Å². The van der Waals surface area contributed by atoms with Crippen molar-refractivity contribution in [3.8, 4) is 0 Å². The number of carbonyl (C=O) groups excluding carboxylic acids is 2. The molecule has 11 nitrogen and oxygen atoms in total. The number of hydrogen-bond acceptors (Lipinski definition) is 11. The summed E-state index contributed by atoms with van der Waals surface area (Å²) in [4.78, 5) is 39.7. The highest BCUT2D eigenvalue weighted by Crippen LogP contribution is 2.25. The SMILES string of the molecule is C=C(OCC(CC)CCCC)c1ccc(Nc2nc(Nc3ccc(C(=O)OCC(CC)CCCC)cc3)nc(Nc3ccc(C(=O)OCC(CC)CCCC)cc3)n2)cc1. The zero-order valence-electron chi connectivity index (χ0n) is 36.9. The average Bonchev–Trinajstić information content (AvgIpc) is 3.27. The van der Waals surface area contributed by atoms with Gasteiger partial charge in [-0.15, -0.1) is 0 Å². The van der Waals surface area contributed by atoms with Gasteiger partial charge in [0, 0.05) is 22.6 Å². The Bertz CT molecular complexity index is 1650. The second-order valence-corrected chi connectivity index (χ2v) is 15.6. The van der Waals surface area contributed by atoms with Gasteiger partial charge in [0.05, 0.1) is 30.9 Å². The van der Waals surface area contributed by atoms with Gasteiger partial charge in [0.2, 0.25) is 17.8 Å². The van der Waals surface area contributed by atoms with Crippen LogP contribution in [0.1, 0.15) is 145 Å². The van der Waals surface area contributed by atoms with E-state index in [0.717, 1.165) is 75.5 Å². The van der Waals surface area contributed by atoms with Crippen LogP contribution in [-0.2, 0) is 14.2 Å². The molecule has 3 unspecified atom stereocenters. The van der Waals surface area contributed by atoms with E-state index in [4.69, 9.17) is 14.2 Å². The third kappa shape index (κ3) is 16.0. The molecular formula is C49H68N6O5. The predicted molar refractivity (Wildman–Crippen MR) is 244 cm³/mol. The fourth-order valence-electron chi connectivity index (χ4n) is 6.60. The zero-order chi connectivity index (χ0) is 43.1. The number of nitrogens with one attached hydrogen (secondary N) is 3. The smallest absolute Gasteiger partial charge is 0.338 e. The minimum atomic E-state index is -0.343. The van der Waals surface area contributed by atoms with Gasteiger partial charge in [-0.05, 0) is 110 Å². The lowest BCUT2D eigenvalue weighted by Gasteiger charge is -2.17. The molecule has 1 aromatic heterocycles. The van der Waals surface area contributed by atoms with Crippen molar-refractivity contribution >= 4 is 52.6 Å². The van der Waals surface area contributed by atoms with Gasteiger partial charge in [0.25, 0.3) is 0 Å². The van der Waals surface area contributed by atoms with Crippen molar-refractivity contribution in [3.05, 3.63) is 96.1 Å². The van der Waals surface area contributed by atoms with Crippen molar-refractivity contribution in [1.29, 1.82) is 0 Å². The highest BCUT2D eigenvalue weighted by molar-refractivity contribution is 5.90. The molecule has 0 aliphatic rings. The molecule has 0 radical (unpaired) electrons. The molecule has 0 spiro atoms. The number of hydrogen-bond donors (Lipinski definition) is 3. The molecule has 4 aromatic rings. The Morgan fingerprint density at radius 1 is 0.483 bits per heavy atom. The van der Waals surface area contributed by atoms with E-state index in [1.54, 1.807) is 48.5 Å². The van der Waals surface area contributed by atoms with E-state index in [2.05, 4.69) is 79.0 Å². The summed E-state index contributed by atoms with van der Waals surface area (Å²) in [6.07, 6.45) is 13.2. The van der Waals surface area contributed by atoms with Crippen LogP contribution in [0.2, 0.25) is 0 Å². The van der Waals surface area contributed by atoms with Crippen LogP contribution in [0, 0.1) is 17.8 Å². The number of esters is 2. The van der Waals surface area contributed by atoms with E-state index in [9.17, 15) is 9.59 Å². The first kappa shape index (κ1) is 47.2. The van der Waals surface area contributed by atoms with E-state index in [1.807, 2.05) is 24.3 Å². The van der Waals surface area contributed by atoms with Crippen LogP contribution in [0.15, 0.2) is 79.4 Å². The molecule has 0 aliphatic carbocycles. The average molecular weight is 821 g/mol. The molecule has 0 saturated heterocycles. The number of unbranched alkanes of at least 4 members (excludes halogenated alkanes) is 3. The molecule has 0 saturated carbocycles. The topological polar surface area (TPSA) is 137 Å². The molecular weight excluding hydrogens is 753 g/mol. The Kier molecular flexibility index (Phi) is 20.4. The van der Waals surface area contributed by atoms with E-state index in [0.29, 0.717) is 71.8 Å². The van der Waals surface area contributed by atoms with Crippen molar-refractivity contribution in [2.45, 2.75) is 119 Å². The van der Waals surface area contributed by atoms with E-state index < -0.39 is 0 Å². The molecule has 3 atom stereocenters. The van der Waals surface area contributed by atoms with Gasteiger partial charge in [-0.3, -0.25) is 0 Å². The monoisotopic (exact) mass is 821 g/mol. The Balaban J connectivity index is 1.49. The normalized spacial score (nSPS) is 12.5. The van der Waals surface area contributed by atoms with Gasteiger partial charge in [0.15, 0.2) is 0 Å².